The van der Waals surface area contributed by atoms with Gasteiger partial charge in [-0.3, -0.25) is 4.79 Å². The molecule has 11 nitrogen and oxygen atoms in total. The first-order valence-corrected chi connectivity index (χ1v) is 27.9. The molecule has 8 N–H and O–H groups in total. The van der Waals surface area contributed by atoms with Gasteiger partial charge in [0.2, 0.25) is 5.91 Å². The molecule has 65 heavy (non-hydrogen) atoms. The number of hydrogen-bond acceptors (Lipinski definition) is 10. The standard InChI is InChI=1S/C54H107NO10/c1-3-5-7-9-11-13-15-16-17-18-19-20-21-22-23-24-25-26-27-28-29-30-31-32-34-36-38-40-42-47(58)53(63)55-45(44-64-54-52(62)51(61)50(60)48(43-56)65-54)49(59)46(57)41-39-37-35-33-14-12-10-8-6-4-2/h45-52,54,56-62H,3-44H2,1-2H3,(H,55,63). The largest absolute Gasteiger partial charge is 0.394 e. The van der Waals surface area contributed by atoms with E-state index in [0.717, 1.165) is 38.5 Å². The van der Waals surface area contributed by atoms with Crippen LogP contribution in [0.25, 0.3) is 0 Å². The molecule has 0 aromatic rings. The fraction of sp³-hybridized carbons (Fsp3) is 0.981. The molecule has 1 saturated heterocycles. The summed E-state index contributed by atoms with van der Waals surface area (Å²) in [6, 6.07) is -1.16. The maximum Gasteiger partial charge on any atom is 0.249 e. The third kappa shape index (κ3) is 33.3. The van der Waals surface area contributed by atoms with E-state index in [1.54, 1.807) is 0 Å². The van der Waals surface area contributed by atoms with E-state index >= 15 is 0 Å². The van der Waals surface area contributed by atoms with Crippen LogP contribution in [0.15, 0.2) is 0 Å². The normalized spacial score (nSPS) is 20.8. The van der Waals surface area contributed by atoms with Gasteiger partial charge in [0, 0.05) is 0 Å². The van der Waals surface area contributed by atoms with E-state index in [9.17, 15) is 40.5 Å². The minimum atomic E-state index is -1.66. The van der Waals surface area contributed by atoms with E-state index in [0.29, 0.717) is 19.3 Å². The summed E-state index contributed by atoms with van der Waals surface area (Å²) < 4.78 is 11.1. The van der Waals surface area contributed by atoms with Crippen LogP contribution in [0.2, 0.25) is 0 Å². The molecule has 0 saturated carbocycles. The molecule has 1 fully saturated rings. The Morgan fingerprint density at radius 3 is 1.14 bits per heavy atom. The Morgan fingerprint density at radius 2 is 0.800 bits per heavy atom. The number of hydrogen-bond donors (Lipinski definition) is 8. The molecule has 0 aromatic heterocycles. The number of aliphatic hydroxyl groups excluding tert-OH is 7. The lowest BCUT2D eigenvalue weighted by molar-refractivity contribution is -0.303. The van der Waals surface area contributed by atoms with Gasteiger partial charge in [-0.15, -0.1) is 0 Å². The second-order valence-electron chi connectivity index (χ2n) is 20.0. The smallest absolute Gasteiger partial charge is 0.249 e. The molecule has 0 spiro atoms. The Bertz CT molecular complexity index is 1020. The van der Waals surface area contributed by atoms with Crippen LogP contribution in [0.1, 0.15) is 271 Å². The topological polar surface area (TPSA) is 189 Å². The predicted octanol–water partition coefficient (Wildman–Crippen LogP) is 11.0. The summed E-state index contributed by atoms with van der Waals surface area (Å²) >= 11 is 0. The summed E-state index contributed by atoms with van der Waals surface area (Å²) in [4.78, 5) is 13.1. The zero-order valence-corrected chi connectivity index (χ0v) is 42.2. The predicted molar refractivity (Wildman–Crippen MR) is 266 cm³/mol. The number of carbonyl (C=O) groups is 1. The van der Waals surface area contributed by atoms with E-state index in [2.05, 4.69) is 19.2 Å². The van der Waals surface area contributed by atoms with Crippen molar-refractivity contribution in [3.8, 4) is 0 Å². The molecule has 1 amide bonds. The van der Waals surface area contributed by atoms with E-state index in [4.69, 9.17) is 9.47 Å². The quantitative estimate of drug-likeness (QED) is 0.0273. The van der Waals surface area contributed by atoms with Crippen molar-refractivity contribution < 1.29 is 50.0 Å². The second kappa shape index (κ2) is 44.3. The molecule has 1 aliphatic rings. The van der Waals surface area contributed by atoms with Crippen LogP contribution in [0.3, 0.4) is 0 Å². The summed E-state index contributed by atoms with van der Waals surface area (Å²) in [5.41, 5.74) is 0. The van der Waals surface area contributed by atoms with Crippen molar-refractivity contribution >= 4 is 5.91 Å². The molecule has 1 rings (SSSR count). The van der Waals surface area contributed by atoms with Gasteiger partial charge >= 0.3 is 0 Å². The molecule has 1 aliphatic heterocycles. The van der Waals surface area contributed by atoms with Gasteiger partial charge in [0.1, 0.15) is 36.6 Å². The first-order valence-electron chi connectivity index (χ1n) is 27.9. The number of rotatable bonds is 48. The summed E-state index contributed by atoms with van der Waals surface area (Å²) in [6.07, 6.45) is 37.6. The van der Waals surface area contributed by atoms with E-state index in [1.807, 2.05) is 0 Å². The van der Waals surface area contributed by atoms with Gasteiger partial charge in [0.05, 0.1) is 25.4 Å². The molecule has 0 radical (unpaired) electrons. The van der Waals surface area contributed by atoms with Gasteiger partial charge in [-0.25, -0.2) is 0 Å². The molecule has 388 valence electrons. The molecule has 0 bridgehead atoms. The van der Waals surface area contributed by atoms with Crippen molar-refractivity contribution in [2.45, 2.75) is 326 Å². The van der Waals surface area contributed by atoms with E-state index in [-0.39, 0.29) is 6.42 Å². The summed E-state index contributed by atoms with van der Waals surface area (Å²) in [6.45, 7) is 3.45. The van der Waals surface area contributed by atoms with Crippen molar-refractivity contribution in [1.82, 2.24) is 5.32 Å². The van der Waals surface area contributed by atoms with Gasteiger partial charge in [-0.1, -0.05) is 258 Å². The molecule has 0 aromatic carbocycles. The fourth-order valence-corrected chi connectivity index (χ4v) is 9.33. The highest BCUT2D eigenvalue weighted by Crippen LogP contribution is 2.23. The number of nitrogens with one attached hydrogen (secondary N) is 1. The van der Waals surface area contributed by atoms with Crippen LogP contribution in [0, 0.1) is 0 Å². The van der Waals surface area contributed by atoms with Crippen molar-refractivity contribution in [3.05, 3.63) is 0 Å². The monoisotopic (exact) mass is 930 g/mol. The number of amides is 1. The summed E-state index contributed by atoms with van der Waals surface area (Å²) in [5, 5.41) is 75.8. The summed E-state index contributed by atoms with van der Waals surface area (Å²) in [5.74, 6) is -0.692. The minimum absolute atomic E-state index is 0.267. The zero-order valence-electron chi connectivity index (χ0n) is 42.2. The van der Waals surface area contributed by atoms with Crippen molar-refractivity contribution in [2.24, 2.45) is 0 Å². The van der Waals surface area contributed by atoms with Gasteiger partial charge in [-0.2, -0.15) is 0 Å². The van der Waals surface area contributed by atoms with Crippen LogP contribution in [0.4, 0.5) is 0 Å². The third-order valence-corrected chi connectivity index (χ3v) is 13.9. The highest BCUT2D eigenvalue weighted by Gasteiger charge is 2.44. The van der Waals surface area contributed by atoms with Gasteiger partial charge in [0.15, 0.2) is 6.29 Å². The van der Waals surface area contributed by atoms with Crippen LogP contribution in [0.5, 0.6) is 0 Å². The highest BCUT2D eigenvalue weighted by atomic mass is 16.7. The Balaban J connectivity index is 2.20. The van der Waals surface area contributed by atoms with E-state index < -0.39 is 74.2 Å². The molecule has 9 unspecified atom stereocenters. The first kappa shape index (κ1) is 62.1. The molecule has 1 heterocycles. The van der Waals surface area contributed by atoms with Gasteiger partial charge in [-0.05, 0) is 12.8 Å². The molecule has 9 atom stereocenters. The maximum atomic E-state index is 13.1. The Labute approximate surface area is 399 Å². The first-order chi connectivity index (χ1) is 31.7. The average Bonchev–Trinajstić information content (AvgIpc) is 3.31. The van der Waals surface area contributed by atoms with Crippen LogP contribution >= 0.6 is 0 Å². The minimum Gasteiger partial charge on any atom is -0.394 e. The number of aliphatic hydroxyl groups is 7. The third-order valence-electron chi connectivity index (χ3n) is 13.9. The lowest BCUT2D eigenvalue weighted by atomic mass is 9.98. The maximum absolute atomic E-state index is 13.1. The number of ether oxygens (including phenoxy) is 2. The molecular weight excluding hydrogens is 823 g/mol. The van der Waals surface area contributed by atoms with Crippen LogP contribution in [-0.4, -0.2) is 110 Å². The summed E-state index contributed by atoms with van der Waals surface area (Å²) in [7, 11) is 0. The van der Waals surface area contributed by atoms with E-state index in [1.165, 1.54) is 193 Å². The molecular formula is C54H107NO10. The zero-order chi connectivity index (χ0) is 47.6. The van der Waals surface area contributed by atoms with Crippen molar-refractivity contribution in [2.75, 3.05) is 13.2 Å². The molecule has 11 heteroatoms. The average molecular weight is 930 g/mol. The van der Waals surface area contributed by atoms with Crippen LogP contribution < -0.4 is 5.32 Å². The van der Waals surface area contributed by atoms with Gasteiger partial charge in [0.25, 0.3) is 0 Å². The highest BCUT2D eigenvalue weighted by molar-refractivity contribution is 5.80. The van der Waals surface area contributed by atoms with Crippen molar-refractivity contribution in [1.29, 1.82) is 0 Å². The van der Waals surface area contributed by atoms with Gasteiger partial charge < -0.3 is 50.5 Å². The Hall–Kier alpha value is -0.890. The Morgan fingerprint density at radius 1 is 0.477 bits per heavy atom. The lowest BCUT2D eigenvalue weighted by Gasteiger charge is -2.40. The fourth-order valence-electron chi connectivity index (χ4n) is 9.33. The van der Waals surface area contributed by atoms with Crippen LogP contribution in [-0.2, 0) is 14.3 Å². The lowest BCUT2D eigenvalue weighted by Crippen LogP contribution is -2.60. The number of unbranched alkanes of at least 4 members (excludes halogenated alkanes) is 36. The second-order valence-corrected chi connectivity index (χ2v) is 20.0. The van der Waals surface area contributed by atoms with Crippen molar-refractivity contribution in [3.63, 3.8) is 0 Å². The Kier molecular flexibility index (Phi) is 42.4. The number of carbonyl (C=O) groups excluding carboxylic acids is 1. The SMILES string of the molecule is CCCCCCCCCCCCCCCCCCCCCCCCCCCCCCC(O)C(=O)NC(COC1OC(CO)C(O)C(O)C1O)C(O)C(O)CCCCCCCCCCCC. The molecule has 0 aliphatic carbocycles.